The molecule has 0 aromatic heterocycles. The van der Waals surface area contributed by atoms with Crippen LogP contribution in [-0.2, 0) is 14.3 Å². The van der Waals surface area contributed by atoms with E-state index in [0.29, 0.717) is 0 Å². The van der Waals surface area contributed by atoms with E-state index >= 15 is 0 Å². The molecule has 10 heteroatoms. The van der Waals surface area contributed by atoms with Crippen molar-refractivity contribution in [3.8, 4) is 0 Å². The van der Waals surface area contributed by atoms with E-state index in [2.05, 4.69) is 0 Å². The number of rotatable bonds is 7. The summed E-state index contributed by atoms with van der Waals surface area (Å²) in [5.41, 5.74) is 11.1. The highest BCUT2D eigenvalue weighted by atomic mass is 16.7. The maximum absolute atomic E-state index is 10.8. The lowest BCUT2D eigenvalue weighted by Crippen LogP contribution is -2.63. The van der Waals surface area contributed by atoms with Crippen LogP contribution in [0.5, 0.6) is 0 Å². The van der Waals surface area contributed by atoms with Gasteiger partial charge in [-0.3, -0.25) is 0 Å². The minimum absolute atomic E-state index is 0.283. The molecule has 9 atom stereocenters. The lowest BCUT2D eigenvalue weighted by atomic mass is 9.97. The summed E-state index contributed by atoms with van der Waals surface area (Å²) in [5.74, 6) is 0. The Hall–Kier alpha value is -0.690. The van der Waals surface area contributed by atoms with Gasteiger partial charge >= 0.3 is 0 Å². The Morgan fingerprint density at radius 1 is 1.32 bits per heavy atom. The topological polar surface area (TPSA) is 189 Å². The average Bonchev–Trinajstić information content (AvgIpc) is 2.52. The fourth-order valence-corrected chi connectivity index (χ4v) is 2.14. The van der Waals surface area contributed by atoms with Crippen LogP contribution in [0.25, 0.3) is 0 Å². The minimum Gasteiger partial charge on any atom is -0.394 e. The van der Waals surface area contributed by atoms with Gasteiger partial charge in [-0.15, -0.1) is 0 Å². The van der Waals surface area contributed by atoms with Crippen molar-refractivity contribution in [3.05, 3.63) is 0 Å². The van der Waals surface area contributed by atoms with Gasteiger partial charge in [0.05, 0.1) is 30.9 Å². The summed E-state index contributed by atoms with van der Waals surface area (Å²) in [6.45, 7) is 0.718. The maximum Gasteiger partial charge on any atom is 0.186 e. The highest BCUT2D eigenvalue weighted by molar-refractivity contribution is 5.58. The van der Waals surface area contributed by atoms with E-state index in [9.17, 15) is 25.2 Å². The van der Waals surface area contributed by atoms with E-state index in [1.165, 1.54) is 6.92 Å². The van der Waals surface area contributed by atoms with Crippen LogP contribution in [0.3, 0.4) is 0 Å². The molecule has 0 radical (unpaired) electrons. The number of carbonyl (C=O) groups excluding carboxylic acids is 1. The molecular weight excluding hydrogens is 300 g/mol. The van der Waals surface area contributed by atoms with Gasteiger partial charge in [0.2, 0.25) is 0 Å². The number of nitrogens with two attached hydrogens (primary N) is 2. The monoisotopic (exact) mass is 324 g/mol. The summed E-state index contributed by atoms with van der Waals surface area (Å²) < 4.78 is 10.5. The highest BCUT2D eigenvalue weighted by Gasteiger charge is 2.44. The summed E-state index contributed by atoms with van der Waals surface area (Å²) in [7, 11) is 0. The molecule has 1 fully saturated rings. The van der Waals surface area contributed by atoms with Crippen molar-refractivity contribution >= 4 is 6.29 Å². The molecule has 10 nitrogen and oxygen atoms in total. The molecule has 0 saturated carbocycles. The summed E-state index contributed by atoms with van der Waals surface area (Å²) >= 11 is 0. The van der Waals surface area contributed by atoms with Crippen molar-refractivity contribution in [2.45, 2.75) is 61.9 Å². The molecule has 22 heavy (non-hydrogen) atoms. The van der Waals surface area contributed by atoms with Crippen molar-refractivity contribution in [2.24, 2.45) is 11.5 Å². The third-order valence-electron chi connectivity index (χ3n) is 3.64. The summed E-state index contributed by atoms with van der Waals surface area (Å²) in [6.07, 6.45) is -9.17. The second-order valence-electron chi connectivity index (χ2n) is 5.32. The van der Waals surface area contributed by atoms with Crippen LogP contribution in [0.2, 0.25) is 0 Å². The zero-order valence-electron chi connectivity index (χ0n) is 12.1. The Balaban J connectivity index is 2.87. The predicted molar refractivity (Wildman–Crippen MR) is 72.3 cm³/mol. The zero-order valence-corrected chi connectivity index (χ0v) is 12.1. The standard InChI is InChI=1S/C12H24N2O8/c1-4-8(18)7(14)10(20)12(21-4)22-11(5(13)2-15)9(19)6(17)3-16/h2,4-12,16-20H,3,13-14H2,1H3/t4-,5+,6-,7+,8-,9+,10-,11-,12+/m1/s1. The molecule has 0 spiro atoms. The number of aliphatic hydroxyl groups excluding tert-OH is 5. The number of aliphatic hydroxyl groups is 5. The average molecular weight is 324 g/mol. The molecule has 1 saturated heterocycles. The normalized spacial score (nSPS) is 38.1. The third-order valence-corrected chi connectivity index (χ3v) is 3.64. The molecular formula is C12H24N2O8. The van der Waals surface area contributed by atoms with Gasteiger partial charge in [0.1, 0.15) is 30.7 Å². The molecule has 9 N–H and O–H groups in total. The summed E-state index contributed by atoms with van der Waals surface area (Å²) in [4.78, 5) is 10.8. The molecule has 130 valence electrons. The molecule has 0 bridgehead atoms. The summed E-state index contributed by atoms with van der Waals surface area (Å²) in [5, 5.41) is 47.8. The minimum atomic E-state index is -1.70. The molecule has 1 heterocycles. The Bertz CT molecular complexity index is 360. The lowest BCUT2D eigenvalue weighted by molar-refractivity contribution is -0.293. The Kier molecular flexibility index (Phi) is 7.25. The first-order valence-electron chi connectivity index (χ1n) is 6.85. The van der Waals surface area contributed by atoms with Crippen LogP contribution in [0.15, 0.2) is 0 Å². The van der Waals surface area contributed by atoms with Crippen LogP contribution in [0.1, 0.15) is 6.92 Å². The second-order valence-corrected chi connectivity index (χ2v) is 5.32. The Morgan fingerprint density at radius 3 is 2.41 bits per heavy atom. The summed E-state index contributed by atoms with van der Waals surface area (Å²) in [6, 6.07) is -2.41. The predicted octanol–water partition coefficient (Wildman–Crippen LogP) is -4.59. The fraction of sp³-hybridized carbons (Fsp3) is 0.917. The highest BCUT2D eigenvalue weighted by Crippen LogP contribution is 2.23. The van der Waals surface area contributed by atoms with Gasteiger partial charge in [-0.1, -0.05) is 0 Å². The lowest BCUT2D eigenvalue weighted by Gasteiger charge is -2.42. The van der Waals surface area contributed by atoms with Crippen LogP contribution < -0.4 is 11.5 Å². The number of ether oxygens (including phenoxy) is 2. The van der Waals surface area contributed by atoms with Crippen LogP contribution in [-0.4, -0.2) is 93.4 Å². The van der Waals surface area contributed by atoms with Gasteiger partial charge < -0.3 is 51.3 Å². The molecule has 1 aliphatic rings. The van der Waals surface area contributed by atoms with E-state index in [4.69, 9.17) is 26.0 Å². The zero-order chi connectivity index (χ0) is 17.0. The third kappa shape index (κ3) is 4.19. The molecule has 0 aromatic carbocycles. The molecule has 1 rings (SSSR count). The van der Waals surface area contributed by atoms with E-state index < -0.39 is 61.6 Å². The number of aldehydes is 1. The van der Waals surface area contributed by atoms with Crippen LogP contribution in [0.4, 0.5) is 0 Å². The van der Waals surface area contributed by atoms with Gasteiger partial charge in [0.25, 0.3) is 0 Å². The van der Waals surface area contributed by atoms with Crippen molar-refractivity contribution in [2.75, 3.05) is 6.61 Å². The van der Waals surface area contributed by atoms with Crippen LogP contribution >= 0.6 is 0 Å². The number of hydrogen-bond acceptors (Lipinski definition) is 10. The van der Waals surface area contributed by atoms with E-state index in [1.807, 2.05) is 0 Å². The van der Waals surface area contributed by atoms with Crippen LogP contribution in [0, 0.1) is 0 Å². The first-order valence-corrected chi connectivity index (χ1v) is 6.85. The fourth-order valence-electron chi connectivity index (χ4n) is 2.14. The SMILES string of the molecule is C[C@H]1O[C@@H](O[C@@H]([C@@H](O)[C@H](O)CO)[C@@H](N)C=O)[C@H](O)[C@@H](N)[C@@H]1O. The van der Waals surface area contributed by atoms with Gasteiger partial charge in [0.15, 0.2) is 6.29 Å². The van der Waals surface area contributed by atoms with Gasteiger partial charge in [-0.2, -0.15) is 0 Å². The van der Waals surface area contributed by atoms with Crippen molar-refractivity contribution < 1.29 is 39.8 Å². The first-order chi connectivity index (χ1) is 10.2. The van der Waals surface area contributed by atoms with E-state index in [-0.39, 0.29) is 6.29 Å². The molecule has 0 aliphatic carbocycles. The number of carbonyl (C=O) groups is 1. The maximum atomic E-state index is 10.8. The van der Waals surface area contributed by atoms with Crippen molar-refractivity contribution in [3.63, 3.8) is 0 Å². The first kappa shape index (κ1) is 19.4. The van der Waals surface area contributed by atoms with Gasteiger partial charge in [0, 0.05) is 0 Å². The molecule has 0 unspecified atom stereocenters. The van der Waals surface area contributed by atoms with Crippen molar-refractivity contribution in [1.29, 1.82) is 0 Å². The molecule has 1 aliphatic heterocycles. The van der Waals surface area contributed by atoms with Gasteiger partial charge in [-0.05, 0) is 6.92 Å². The van der Waals surface area contributed by atoms with Gasteiger partial charge in [-0.25, -0.2) is 0 Å². The van der Waals surface area contributed by atoms with E-state index in [1.54, 1.807) is 0 Å². The Labute approximate surface area is 127 Å². The largest absolute Gasteiger partial charge is 0.394 e. The molecule has 0 amide bonds. The second kappa shape index (κ2) is 8.24. The molecule has 0 aromatic rings. The number of hydrogen-bond donors (Lipinski definition) is 7. The smallest absolute Gasteiger partial charge is 0.186 e. The Morgan fingerprint density at radius 2 is 1.91 bits per heavy atom. The quantitative estimate of drug-likeness (QED) is 0.224. The van der Waals surface area contributed by atoms with E-state index in [0.717, 1.165) is 0 Å². The van der Waals surface area contributed by atoms with Crippen molar-refractivity contribution in [1.82, 2.24) is 0 Å².